The third kappa shape index (κ3) is 4.30. The van der Waals surface area contributed by atoms with Crippen LogP contribution >= 0.6 is 11.3 Å². The van der Waals surface area contributed by atoms with Crippen LogP contribution in [0.25, 0.3) is 11.5 Å². The molecule has 3 rings (SSSR count). The molecule has 3 aromatic rings. The van der Waals surface area contributed by atoms with Crippen molar-refractivity contribution in [2.75, 3.05) is 5.32 Å². The molecule has 6 nitrogen and oxygen atoms in total. The molecule has 0 bridgehead atoms. The number of carbonyl (C=O) groups is 1. The lowest BCUT2D eigenvalue weighted by atomic mass is 10.1. The lowest BCUT2D eigenvalue weighted by Gasteiger charge is -1.99. The normalized spacial score (nSPS) is 10.8. The molecule has 0 fully saturated rings. The van der Waals surface area contributed by atoms with Crippen molar-refractivity contribution in [3.63, 3.8) is 0 Å². The van der Waals surface area contributed by atoms with Crippen molar-refractivity contribution in [2.24, 2.45) is 0 Å². The van der Waals surface area contributed by atoms with Gasteiger partial charge in [-0.25, -0.2) is 4.98 Å². The maximum absolute atomic E-state index is 12.1. The number of hydrogen-bond donors (Lipinski definition) is 1. The molecule has 0 unspecified atom stereocenters. The van der Waals surface area contributed by atoms with Crippen molar-refractivity contribution in [1.82, 2.24) is 15.2 Å². The third-order valence-electron chi connectivity index (χ3n) is 3.81. The van der Waals surface area contributed by atoms with E-state index < -0.39 is 0 Å². The fourth-order valence-electron chi connectivity index (χ4n) is 2.38. The van der Waals surface area contributed by atoms with Crippen molar-refractivity contribution in [2.45, 2.75) is 40.0 Å². The van der Waals surface area contributed by atoms with Gasteiger partial charge in [-0.15, -0.1) is 21.5 Å². The first kappa shape index (κ1) is 17.3. The van der Waals surface area contributed by atoms with E-state index in [9.17, 15) is 4.79 Å². The number of anilines is 1. The van der Waals surface area contributed by atoms with Gasteiger partial charge in [0.15, 0.2) is 5.13 Å². The highest BCUT2D eigenvalue weighted by Crippen LogP contribution is 2.23. The summed E-state index contributed by atoms with van der Waals surface area (Å²) < 4.78 is 5.64. The van der Waals surface area contributed by atoms with Crippen LogP contribution in [0.1, 0.15) is 35.4 Å². The third-order valence-corrected chi connectivity index (χ3v) is 4.73. The molecule has 0 aliphatic heterocycles. The Balaban J connectivity index is 1.56. The summed E-state index contributed by atoms with van der Waals surface area (Å²) >= 11 is 1.50. The second-order valence-corrected chi connectivity index (χ2v) is 6.99. The SMILES string of the molecule is CCc1nc(NC(=O)CCc2nnc(-c3ccc(C)cc3)o2)sc1C. The average Bonchev–Trinajstić information content (AvgIpc) is 3.20. The number of aryl methyl sites for hydroxylation is 4. The summed E-state index contributed by atoms with van der Waals surface area (Å²) in [6, 6.07) is 7.87. The topological polar surface area (TPSA) is 80.9 Å². The summed E-state index contributed by atoms with van der Waals surface area (Å²) in [5.41, 5.74) is 3.07. The highest BCUT2D eigenvalue weighted by molar-refractivity contribution is 7.15. The molecular weight excluding hydrogens is 336 g/mol. The molecule has 130 valence electrons. The maximum atomic E-state index is 12.1. The Morgan fingerprint density at radius 1 is 1.20 bits per heavy atom. The number of carbonyl (C=O) groups excluding carboxylic acids is 1. The molecular formula is C18H20N4O2S. The Hall–Kier alpha value is -2.54. The molecule has 1 amide bonds. The number of rotatable bonds is 6. The quantitative estimate of drug-likeness (QED) is 0.723. The Bertz CT molecular complexity index is 868. The van der Waals surface area contributed by atoms with Crippen LogP contribution in [0.3, 0.4) is 0 Å². The summed E-state index contributed by atoms with van der Waals surface area (Å²) in [5.74, 6) is 0.820. The van der Waals surface area contributed by atoms with E-state index in [1.54, 1.807) is 0 Å². The molecule has 25 heavy (non-hydrogen) atoms. The minimum absolute atomic E-state index is 0.105. The first-order valence-corrected chi connectivity index (χ1v) is 9.02. The van der Waals surface area contributed by atoms with Crippen molar-refractivity contribution in [3.05, 3.63) is 46.3 Å². The molecule has 2 heterocycles. The Morgan fingerprint density at radius 2 is 1.96 bits per heavy atom. The van der Waals surface area contributed by atoms with E-state index in [2.05, 4.69) is 27.4 Å². The number of amides is 1. The smallest absolute Gasteiger partial charge is 0.247 e. The number of nitrogens with zero attached hydrogens (tertiary/aromatic N) is 3. The summed E-state index contributed by atoms with van der Waals surface area (Å²) in [6.45, 7) is 6.08. The van der Waals surface area contributed by atoms with Gasteiger partial charge in [-0.2, -0.15) is 0 Å². The molecule has 2 aromatic heterocycles. The lowest BCUT2D eigenvalue weighted by molar-refractivity contribution is -0.116. The fourth-order valence-corrected chi connectivity index (χ4v) is 3.30. The number of aromatic nitrogens is 3. The van der Waals surface area contributed by atoms with Crippen LogP contribution in [0.15, 0.2) is 28.7 Å². The average molecular weight is 356 g/mol. The van der Waals surface area contributed by atoms with Gasteiger partial charge in [0, 0.05) is 23.3 Å². The van der Waals surface area contributed by atoms with E-state index in [0.29, 0.717) is 23.3 Å². The van der Waals surface area contributed by atoms with Crippen LogP contribution in [-0.4, -0.2) is 21.1 Å². The predicted octanol–water partition coefficient (Wildman–Crippen LogP) is 3.94. The van der Waals surface area contributed by atoms with E-state index in [0.717, 1.165) is 22.6 Å². The maximum Gasteiger partial charge on any atom is 0.247 e. The predicted molar refractivity (Wildman–Crippen MR) is 97.7 cm³/mol. The summed E-state index contributed by atoms with van der Waals surface area (Å²) in [7, 11) is 0. The van der Waals surface area contributed by atoms with Gasteiger partial charge in [0.1, 0.15) is 0 Å². The lowest BCUT2D eigenvalue weighted by Crippen LogP contribution is -2.12. The van der Waals surface area contributed by atoms with Gasteiger partial charge in [-0.05, 0) is 32.4 Å². The molecule has 7 heteroatoms. The summed E-state index contributed by atoms with van der Waals surface area (Å²) in [5, 5.41) is 11.5. The highest BCUT2D eigenvalue weighted by Gasteiger charge is 2.12. The summed E-state index contributed by atoms with van der Waals surface area (Å²) in [4.78, 5) is 17.6. The Kier molecular flexibility index (Phi) is 5.23. The van der Waals surface area contributed by atoms with E-state index in [-0.39, 0.29) is 12.3 Å². The zero-order chi connectivity index (χ0) is 17.8. The minimum atomic E-state index is -0.105. The van der Waals surface area contributed by atoms with Crippen LogP contribution in [0, 0.1) is 13.8 Å². The highest BCUT2D eigenvalue weighted by atomic mass is 32.1. The van der Waals surface area contributed by atoms with Gasteiger partial charge in [0.25, 0.3) is 0 Å². The van der Waals surface area contributed by atoms with Gasteiger partial charge < -0.3 is 9.73 Å². The Morgan fingerprint density at radius 3 is 2.64 bits per heavy atom. The van der Waals surface area contributed by atoms with Crippen molar-refractivity contribution in [1.29, 1.82) is 0 Å². The first-order chi connectivity index (χ1) is 12.0. The molecule has 0 saturated carbocycles. The molecule has 0 aliphatic rings. The monoisotopic (exact) mass is 356 g/mol. The molecule has 1 N–H and O–H groups in total. The molecule has 0 atom stereocenters. The molecule has 0 radical (unpaired) electrons. The Labute approximate surface area is 150 Å². The first-order valence-electron chi connectivity index (χ1n) is 8.20. The van der Waals surface area contributed by atoms with E-state index in [4.69, 9.17) is 4.42 Å². The largest absolute Gasteiger partial charge is 0.421 e. The van der Waals surface area contributed by atoms with Crippen LogP contribution in [0.2, 0.25) is 0 Å². The van der Waals surface area contributed by atoms with Gasteiger partial charge in [-0.3, -0.25) is 4.79 Å². The fraction of sp³-hybridized carbons (Fsp3) is 0.333. The molecule has 0 spiro atoms. The van der Waals surface area contributed by atoms with Crippen molar-refractivity contribution >= 4 is 22.4 Å². The number of nitrogens with one attached hydrogen (secondary N) is 1. The van der Waals surface area contributed by atoms with Crippen LogP contribution in [0.4, 0.5) is 5.13 Å². The second-order valence-electron chi connectivity index (χ2n) is 5.79. The molecule has 1 aromatic carbocycles. The van der Waals surface area contributed by atoms with Crippen molar-refractivity contribution < 1.29 is 9.21 Å². The van der Waals surface area contributed by atoms with E-state index in [1.807, 2.05) is 38.1 Å². The summed E-state index contributed by atoms with van der Waals surface area (Å²) in [6.07, 6.45) is 1.54. The van der Waals surface area contributed by atoms with Crippen LogP contribution in [-0.2, 0) is 17.6 Å². The number of thiazole rings is 1. The van der Waals surface area contributed by atoms with E-state index in [1.165, 1.54) is 16.9 Å². The molecule has 0 aliphatic carbocycles. The number of benzene rings is 1. The van der Waals surface area contributed by atoms with Gasteiger partial charge in [-0.1, -0.05) is 24.6 Å². The van der Waals surface area contributed by atoms with Gasteiger partial charge in [0.2, 0.25) is 17.7 Å². The van der Waals surface area contributed by atoms with Gasteiger partial charge in [0.05, 0.1) is 5.69 Å². The minimum Gasteiger partial charge on any atom is -0.421 e. The van der Waals surface area contributed by atoms with Crippen molar-refractivity contribution in [3.8, 4) is 11.5 Å². The zero-order valence-electron chi connectivity index (χ0n) is 14.5. The zero-order valence-corrected chi connectivity index (χ0v) is 15.3. The standard InChI is InChI=1S/C18H20N4O2S/c1-4-14-12(3)25-18(19-14)20-15(23)9-10-16-21-22-17(24-16)13-7-5-11(2)6-8-13/h5-8H,4,9-10H2,1-3H3,(H,19,20,23). The molecule has 0 saturated heterocycles. The van der Waals surface area contributed by atoms with Crippen LogP contribution < -0.4 is 5.32 Å². The second kappa shape index (κ2) is 7.57. The van der Waals surface area contributed by atoms with Gasteiger partial charge >= 0.3 is 0 Å². The van der Waals surface area contributed by atoms with E-state index >= 15 is 0 Å². The number of hydrogen-bond acceptors (Lipinski definition) is 6. The van der Waals surface area contributed by atoms with Crippen LogP contribution in [0.5, 0.6) is 0 Å².